The fourth-order valence-corrected chi connectivity index (χ4v) is 3.47. The lowest BCUT2D eigenvalue weighted by atomic mass is 10.1. The van der Waals surface area contributed by atoms with Crippen LogP contribution in [0.1, 0.15) is 12.5 Å². The van der Waals surface area contributed by atoms with E-state index < -0.39 is 0 Å². The van der Waals surface area contributed by atoms with Crippen LogP contribution in [0, 0.1) is 0 Å². The van der Waals surface area contributed by atoms with Crippen LogP contribution in [0.3, 0.4) is 0 Å². The Labute approximate surface area is 146 Å². The van der Waals surface area contributed by atoms with Gasteiger partial charge in [-0.15, -0.1) is 5.10 Å². The minimum Gasteiger partial charge on any atom is -0.330 e. The van der Waals surface area contributed by atoms with Crippen molar-refractivity contribution in [2.45, 2.75) is 13.3 Å². The number of aromatic nitrogens is 3. The Balaban J connectivity index is 1.78. The monoisotopic (exact) mass is 356 g/mol. The summed E-state index contributed by atoms with van der Waals surface area (Å²) >= 11 is 7.30. The van der Waals surface area contributed by atoms with Gasteiger partial charge in [-0.3, -0.25) is 4.79 Å². The highest BCUT2D eigenvalue weighted by Crippen LogP contribution is 2.24. The van der Waals surface area contributed by atoms with Crippen molar-refractivity contribution in [2.75, 3.05) is 5.32 Å². The van der Waals surface area contributed by atoms with E-state index >= 15 is 0 Å². The molecule has 7 heteroatoms. The maximum atomic E-state index is 12.6. The molecule has 5 nitrogen and oxygen atoms in total. The van der Waals surface area contributed by atoms with E-state index in [0.29, 0.717) is 26.0 Å². The first-order valence-corrected chi connectivity index (χ1v) is 8.68. The van der Waals surface area contributed by atoms with Crippen molar-refractivity contribution in [1.29, 1.82) is 0 Å². The van der Waals surface area contributed by atoms with Gasteiger partial charge < -0.3 is 5.32 Å². The SMILES string of the molecule is CCc1ccc(Nc2nn3c(=O)c4cc(Cl)ccc4nc3s2)cc1. The van der Waals surface area contributed by atoms with E-state index in [1.807, 2.05) is 12.1 Å². The van der Waals surface area contributed by atoms with Crippen LogP contribution >= 0.6 is 22.9 Å². The van der Waals surface area contributed by atoms with Gasteiger partial charge in [0.15, 0.2) is 0 Å². The molecule has 2 aromatic heterocycles. The quantitative estimate of drug-likeness (QED) is 0.595. The van der Waals surface area contributed by atoms with Gasteiger partial charge in [0, 0.05) is 10.7 Å². The summed E-state index contributed by atoms with van der Waals surface area (Å²) in [6.07, 6.45) is 0.996. The molecule has 0 fully saturated rings. The number of fused-ring (bicyclic) bond motifs is 2. The number of rotatable bonds is 3. The number of nitrogens with zero attached hydrogens (tertiary/aromatic N) is 3. The van der Waals surface area contributed by atoms with Crippen LogP contribution in [0.5, 0.6) is 0 Å². The molecule has 0 atom stereocenters. The normalized spacial score (nSPS) is 11.2. The molecule has 0 saturated heterocycles. The van der Waals surface area contributed by atoms with Gasteiger partial charge in [0.1, 0.15) is 0 Å². The summed E-state index contributed by atoms with van der Waals surface area (Å²) in [5, 5.41) is 9.14. The summed E-state index contributed by atoms with van der Waals surface area (Å²) in [6.45, 7) is 2.12. The van der Waals surface area contributed by atoms with Gasteiger partial charge in [0.05, 0.1) is 10.9 Å². The maximum absolute atomic E-state index is 12.6. The summed E-state index contributed by atoms with van der Waals surface area (Å²) in [5.41, 5.74) is 2.59. The third kappa shape index (κ3) is 2.64. The number of anilines is 2. The summed E-state index contributed by atoms with van der Waals surface area (Å²) in [4.78, 5) is 17.6. The van der Waals surface area contributed by atoms with E-state index in [0.717, 1.165) is 12.1 Å². The van der Waals surface area contributed by atoms with Crippen LogP contribution in [-0.2, 0) is 6.42 Å². The van der Waals surface area contributed by atoms with Gasteiger partial charge in [-0.25, -0.2) is 4.98 Å². The van der Waals surface area contributed by atoms with Crippen LogP contribution in [0.4, 0.5) is 10.8 Å². The second-order valence-electron chi connectivity index (χ2n) is 5.36. The predicted molar refractivity (Wildman–Crippen MR) is 98.8 cm³/mol. The number of halogens is 1. The van der Waals surface area contributed by atoms with E-state index in [9.17, 15) is 4.79 Å². The first-order chi connectivity index (χ1) is 11.6. The molecule has 0 spiro atoms. The van der Waals surface area contributed by atoms with E-state index in [2.05, 4.69) is 34.5 Å². The first-order valence-electron chi connectivity index (χ1n) is 7.49. The third-order valence-electron chi connectivity index (χ3n) is 3.77. The van der Waals surface area contributed by atoms with Gasteiger partial charge >= 0.3 is 0 Å². The summed E-state index contributed by atoms with van der Waals surface area (Å²) in [7, 11) is 0. The van der Waals surface area contributed by atoms with E-state index in [4.69, 9.17) is 11.6 Å². The number of benzene rings is 2. The Morgan fingerprint density at radius 1 is 1.21 bits per heavy atom. The van der Waals surface area contributed by atoms with Crippen molar-refractivity contribution in [3.8, 4) is 0 Å². The lowest BCUT2D eigenvalue weighted by molar-refractivity contribution is 0.919. The van der Waals surface area contributed by atoms with E-state index in [1.165, 1.54) is 21.4 Å². The molecule has 4 aromatic rings. The minimum absolute atomic E-state index is 0.219. The Morgan fingerprint density at radius 2 is 2.00 bits per heavy atom. The van der Waals surface area contributed by atoms with Gasteiger partial charge in [-0.2, -0.15) is 4.52 Å². The molecule has 0 amide bonds. The highest BCUT2D eigenvalue weighted by molar-refractivity contribution is 7.20. The molecule has 0 aliphatic carbocycles. The molecule has 0 unspecified atom stereocenters. The zero-order valence-electron chi connectivity index (χ0n) is 12.8. The second-order valence-corrected chi connectivity index (χ2v) is 6.75. The molecule has 2 aromatic carbocycles. The molecule has 0 aliphatic heterocycles. The average molecular weight is 357 g/mol. The second kappa shape index (κ2) is 5.89. The van der Waals surface area contributed by atoms with Crippen molar-refractivity contribution < 1.29 is 0 Å². The van der Waals surface area contributed by atoms with E-state index in [1.54, 1.807) is 18.2 Å². The van der Waals surface area contributed by atoms with Crippen LogP contribution in [0.25, 0.3) is 15.9 Å². The molecule has 0 radical (unpaired) electrons. The fraction of sp³-hybridized carbons (Fsp3) is 0.118. The highest BCUT2D eigenvalue weighted by atomic mass is 35.5. The lowest BCUT2D eigenvalue weighted by Crippen LogP contribution is -2.15. The smallest absolute Gasteiger partial charge is 0.283 e. The van der Waals surface area contributed by atoms with Crippen molar-refractivity contribution >= 4 is 49.6 Å². The molecule has 4 rings (SSSR count). The van der Waals surface area contributed by atoms with Crippen molar-refractivity contribution in [3.05, 3.63) is 63.4 Å². The Hall–Kier alpha value is -2.44. The van der Waals surface area contributed by atoms with Crippen molar-refractivity contribution in [3.63, 3.8) is 0 Å². The van der Waals surface area contributed by atoms with E-state index in [-0.39, 0.29) is 5.56 Å². The van der Waals surface area contributed by atoms with Gasteiger partial charge in [0.25, 0.3) is 5.56 Å². The highest BCUT2D eigenvalue weighted by Gasteiger charge is 2.11. The zero-order chi connectivity index (χ0) is 16.7. The fourth-order valence-electron chi connectivity index (χ4n) is 2.48. The lowest BCUT2D eigenvalue weighted by Gasteiger charge is -2.02. The molecule has 1 N–H and O–H groups in total. The molecule has 24 heavy (non-hydrogen) atoms. The molecular formula is C17H13ClN4OS. The maximum Gasteiger partial charge on any atom is 0.283 e. The van der Waals surface area contributed by atoms with Crippen LogP contribution < -0.4 is 10.9 Å². The number of hydrogen-bond acceptors (Lipinski definition) is 5. The van der Waals surface area contributed by atoms with Crippen molar-refractivity contribution in [2.24, 2.45) is 0 Å². The number of hydrogen-bond donors (Lipinski definition) is 1. The molecule has 0 bridgehead atoms. The predicted octanol–water partition coefficient (Wildman–Crippen LogP) is 4.26. The molecule has 120 valence electrons. The molecular weight excluding hydrogens is 344 g/mol. The van der Waals surface area contributed by atoms with Crippen LogP contribution in [0.2, 0.25) is 5.02 Å². The summed E-state index contributed by atoms with van der Waals surface area (Å²) in [5.74, 6) is 0. The molecule has 2 heterocycles. The van der Waals surface area contributed by atoms with Crippen LogP contribution in [-0.4, -0.2) is 14.6 Å². The molecule has 0 aliphatic rings. The Kier molecular flexibility index (Phi) is 3.70. The summed E-state index contributed by atoms with van der Waals surface area (Å²) in [6, 6.07) is 13.2. The largest absolute Gasteiger partial charge is 0.330 e. The Bertz CT molecular complexity index is 1100. The Morgan fingerprint density at radius 3 is 2.75 bits per heavy atom. The first kappa shape index (κ1) is 15.1. The zero-order valence-corrected chi connectivity index (χ0v) is 14.4. The number of aryl methyl sites for hydroxylation is 1. The van der Waals surface area contributed by atoms with Crippen molar-refractivity contribution in [1.82, 2.24) is 14.6 Å². The topological polar surface area (TPSA) is 59.3 Å². The standard InChI is InChI=1S/C17H13ClN4OS/c1-2-10-3-6-12(7-4-10)19-16-21-22-15(23)13-9-11(18)5-8-14(13)20-17(22)24-16/h3-9H,2H2,1H3,(H,19,21). The van der Waals surface area contributed by atoms with Gasteiger partial charge in [0.2, 0.25) is 10.1 Å². The van der Waals surface area contributed by atoms with Crippen LogP contribution in [0.15, 0.2) is 47.3 Å². The van der Waals surface area contributed by atoms with Gasteiger partial charge in [-0.1, -0.05) is 42.0 Å². The number of nitrogens with one attached hydrogen (secondary N) is 1. The molecule has 0 saturated carbocycles. The van der Waals surface area contributed by atoms with Gasteiger partial charge in [-0.05, 0) is 42.3 Å². The average Bonchev–Trinajstić information content (AvgIpc) is 2.99. The minimum atomic E-state index is -0.219. The summed E-state index contributed by atoms with van der Waals surface area (Å²) < 4.78 is 1.31. The third-order valence-corrected chi connectivity index (χ3v) is 4.83.